The predicted octanol–water partition coefficient (Wildman–Crippen LogP) is 1.90. The Morgan fingerprint density at radius 3 is 2.31 bits per heavy atom. The number of carboxylic acid groups (broad SMARTS) is 1. The summed E-state index contributed by atoms with van der Waals surface area (Å²) in [6, 6.07) is 9.24. The van der Waals surface area contributed by atoms with Crippen molar-refractivity contribution in [1.29, 1.82) is 0 Å². The zero-order chi connectivity index (χ0) is 12.0. The van der Waals surface area contributed by atoms with Gasteiger partial charge in [0.15, 0.2) is 0 Å². The minimum Gasteiger partial charge on any atom is -0.481 e. The van der Waals surface area contributed by atoms with Gasteiger partial charge in [-0.15, -0.1) is 0 Å². The molecule has 4 nitrogen and oxygen atoms in total. The minimum atomic E-state index is -0.947. The summed E-state index contributed by atoms with van der Waals surface area (Å²) in [4.78, 5) is 23.7. The van der Waals surface area contributed by atoms with Gasteiger partial charge in [0.05, 0.1) is 6.42 Å². The third-order valence-electron chi connectivity index (χ3n) is 2.24. The van der Waals surface area contributed by atoms with Gasteiger partial charge in [0, 0.05) is 18.7 Å². The molecule has 0 spiro atoms. The predicted molar refractivity (Wildman–Crippen MR) is 61.3 cm³/mol. The molecule has 0 saturated carbocycles. The van der Waals surface area contributed by atoms with Crippen LogP contribution < -0.4 is 4.90 Å². The number of hydrogen-bond donors (Lipinski definition) is 1. The highest BCUT2D eigenvalue weighted by atomic mass is 16.4. The molecule has 0 atom stereocenters. The second-order valence-corrected chi connectivity index (χ2v) is 3.37. The first-order valence-electron chi connectivity index (χ1n) is 5.22. The van der Waals surface area contributed by atoms with Crippen molar-refractivity contribution in [2.24, 2.45) is 0 Å². The van der Waals surface area contributed by atoms with Crippen LogP contribution in [0.2, 0.25) is 0 Å². The van der Waals surface area contributed by atoms with Crippen LogP contribution in [0.25, 0.3) is 0 Å². The van der Waals surface area contributed by atoms with E-state index in [-0.39, 0.29) is 18.7 Å². The van der Waals surface area contributed by atoms with Crippen LogP contribution in [0.5, 0.6) is 0 Å². The summed E-state index contributed by atoms with van der Waals surface area (Å²) in [5.74, 6) is -1.10. The monoisotopic (exact) mass is 221 g/mol. The van der Waals surface area contributed by atoms with E-state index in [2.05, 4.69) is 0 Å². The number of benzene rings is 1. The smallest absolute Gasteiger partial charge is 0.303 e. The number of carbonyl (C=O) groups excluding carboxylic acids is 1. The molecule has 0 aromatic heterocycles. The lowest BCUT2D eigenvalue weighted by atomic mass is 10.2. The number of aliphatic carboxylic acids is 1. The number of hydrogen-bond acceptors (Lipinski definition) is 2. The first-order valence-corrected chi connectivity index (χ1v) is 5.22. The molecule has 0 radical (unpaired) electrons. The quantitative estimate of drug-likeness (QED) is 0.826. The number of carbonyl (C=O) groups is 2. The van der Waals surface area contributed by atoms with E-state index in [0.717, 1.165) is 5.69 Å². The second kappa shape index (κ2) is 5.90. The lowest BCUT2D eigenvalue weighted by Crippen LogP contribution is -2.30. The summed E-state index contributed by atoms with van der Waals surface area (Å²) in [5.41, 5.74) is 0.806. The Morgan fingerprint density at radius 2 is 1.81 bits per heavy atom. The van der Waals surface area contributed by atoms with Gasteiger partial charge in [-0.2, -0.15) is 0 Å². The Morgan fingerprint density at radius 1 is 1.19 bits per heavy atom. The van der Waals surface area contributed by atoms with E-state index in [1.807, 2.05) is 37.3 Å². The Kier molecular flexibility index (Phi) is 4.51. The lowest BCUT2D eigenvalue weighted by molar-refractivity contribution is -0.138. The fourth-order valence-corrected chi connectivity index (χ4v) is 1.46. The first-order chi connectivity index (χ1) is 7.65. The van der Waals surface area contributed by atoms with Crippen molar-refractivity contribution < 1.29 is 14.7 Å². The average Bonchev–Trinajstić information content (AvgIpc) is 2.29. The SMILES string of the molecule is CCN(C(=O)CCC(=O)O)c1ccccc1. The molecule has 1 aromatic carbocycles. The van der Waals surface area contributed by atoms with Gasteiger partial charge in [0.25, 0.3) is 0 Å². The Balaban J connectivity index is 2.68. The number of para-hydroxylation sites is 1. The molecule has 0 bridgehead atoms. The van der Waals surface area contributed by atoms with Gasteiger partial charge in [0.1, 0.15) is 0 Å². The van der Waals surface area contributed by atoms with Crippen molar-refractivity contribution in [3.63, 3.8) is 0 Å². The molecule has 4 heteroatoms. The standard InChI is InChI=1S/C12H15NO3/c1-2-13(10-6-4-3-5-7-10)11(14)8-9-12(15)16/h3-7H,2,8-9H2,1H3,(H,15,16). The van der Waals surface area contributed by atoms with Gasteiger partial charge in [-0.05, 0) is 19.1 Å². The summed E-state index contributed by atoms with van der Waals surface area (Å²) in [6.45, 7) is 2.41. The van der Waals surface area contributed by atoms with Crippen LogP contribution in [-0.4, -0.2) is 23.5 Å². The molecule has 0 saturated heterocycles. The zero-order valence-electron chi connectivity index (χ0n) is 9.22. The maximum absolute atomic E-state index is 11.7. The summed E-state index contributed by atoms with van der Waals surface area (Å²) in [6.07, 6.45) is -0.0831. The van der Waals surface area contributed by atoms with Crippen molar-refractivity contribution >= 4 is 17.6 Å². The maximum Gasteiger partial charge on any atom is 0.303 e. The number of amides is 1. The van der Waals surface area contributed by atoms with E-state index in [1.54, 1.807) is 4.90 Å². The highest BCUT2D eigenvalue weighted by molar-refractivity contribution is 5.94. The van der Waals surface area contributed by atoms with Crippen molar-refractivity contribution in [2.75, 3.05) is 11.4 Å². The van der Waals surface area contributed by atoms with Gasteiger partial charge in [-0.3, -0.25) is 9.59 Å². The summed E-state index contributed by atoms with van der Waals surface area (Å²) >= 11 is 0. The van der Waals surface area contributed by atoms with Crippen LogP contribution in [0.3, 0.4) is 0 Å². The number of carboxylic acids is 1. The van der Waals surface area contributed by atoms with Crippen molar-refractivity contribution in [3.8, 4) is 0 Å². The van der Waals surface area contributed by atoms with E-state index >= 15 is 0 Å². The Labute approximate surface area is 94.5 Å². The minimum absolute atomic E-state index is 0.0397. The number of nitrogens with zero attached hydrogens (tertiary/aromatic N) is 1. The van der Waals surface area contributed by atoms with Crippen LogP contribution in [0, 0.1) is 0 Å². The summed E-state index contributed by atoms with van der Waals surface area (Å²) in [5, 5.41) is 8.52. The van der Waals surface area contributed by atoms with E-state index in [0.29, 0.717) is 6.54 Å². The van der Waals surface area contributed by atoms with Crippen molar-refractivity contribution in [3.05, 3.63) is 30.3 Å². The normalized spacial score (nSPS) is 9.81. The summed E-state index contributed by atoms with van der Waals surface area (Å²) < 4.78 is 0. The lowest BCUT2D eigenvalue weighted by Gasteiger charge is -2.20. The molecular weight excluding hydrogens is 206 g/mol. The molecule has 1 N–H and O–H groups in total. The van der Waals surface area contributed by atoms with Crippen molar-refractivity contribution in [1.82, 2.24) is 0 Å². The average molecular weight is 221 g/mol. The van der Waals surface area contributed by atoms with Gasteiger partial charge < -0.3 is 10.0 Å². The third kappa shape index (κ3) is 3.38. The molecule has 0 aliphatic heterocycles. The third-order valence-corrected chi connectivity index (χ3v) is 2.24. The van der Waals surface area contributed by atoms with Gasteiger partial charge in [-0.1, -0.05) is 18.2 Å². The number of anilines is 1. The van der Waals surface area contributed by atoms with Crippen molar-refractivity contribution in [2.45, 2.75) is 19.8 Å². The fraction of sp³-hybridized carbons (Fsp3) is 0.333. The Bertz CT molecular complexity index is 362. The van der Waals surface area contributed by atoms with Crippen LogP contribution in [0.1, 0.15) is 19.8 Å². The molecule has 1 aromatic rings. The van der Waals surface area contributed by atoms with Crippen LogP contribution >= 0.6 is 0 Å². The second-order valence-electron chi connectivity index (χ2n) is 3.37. The molecule has 16 heavy (non-hydrogen) atoms. The maximum atomic E-state index is 11.7. The van der Waals surface area contributed by atoms with Crippen LogP contribution in [-0.2, 0) is 9.59 Å². The fourth-order valence-electron chi connectivity index (χ4n) is 1.46. The molecule has 0 aliphatic carbocycles. The first kappa shape index (κ1) is 12.2. The Hall–Kier alpha value is -1.84. The van der Waals surface area contributed by atoms with Crippen LogP contribution in [0.4, 0.5) is 5.69 Å². The highest BCUT2D eigenvalue weighted by Crippen LogP contribution is 2.14. The topological polar surface area (TPSA) is 57.6 Å². The van der Waals surface area contributed by atoms with E-state index in [4.69, 9.17) is 5.11 Å². The zero-order valence-corrected chi connectivity index (χ0v) is 9.22. The van der Waals surface area contributed by atoms with E-state index in [1.165, 1.54) is 0 Å². The molecule has 0 heterocycles. The summed E-state index contributed by atoms with van der Waals surface area (Å²) in [7, 11) is 0. The molecule has 0 aliphatic rings. The van der Waals surface area contributed by atoms with Gasteiger partial charge in [0.2, 0.25) is 5.91 Å². The van der Waals surface area contributed by atoms with Gasteiger partial charge in [-0.25, -0.2) is 0 Å². The molecular formula is C12H15NO3. The highest BCUT2D eigenvalue weighted by Gasteiger charge is 2.14. The molecule has 1 rings (SSSR count). The molecule has 86 valence electrons. The largest absolute Gasteiger partial charge is 0.481 e. The molecule has 1 amide bonds. The van der Waals surface area contributed by atoms with E-state index < -0.39 is 5.97 Å². The number of rotatable bonds is 5. The molecule has 0 unspecified atom stereocenters. The van der Waals surface area contributed by atoms with E-state index in [9.17, 15) is 9.59 Å². The molecule has 0 fully saturated rings. The van der Waals surface area contributed by atoms with Gasteiger partial charge >= 0.3 is 5.97 Å². The van der Waals surface area contributed by atoms with Crippen LogP contribution in [0.15, 0.2) is 30.3 Å².